The molecule has 0 radical (unpaired) electrons. The van der Waals surface area contributed by atoms with Crippen molar-refractivity contribution in [1.82, 2.24) is 15.3 Å². The Morgan fingerprint density at radius 2 is 1.81 bits per heavy atom. The number of amides is 1. The van der Waals surface area contributed by atoms with Crippen molar-refractivity contribution in [1.29, 1.82) is 0 Å². The molecule has 3 heterocycles. The van der Waals surface area contributed by atoms with Crippen LogP contribution >= 0.6 is 0 Å². The maximum atomic E-state index is 12.1. The van der Waals surface area contributed by atoms with E-state index in [4.69, 9.17) is 0 Å². The molecule has 0 aromatic carbocycles. The van der Waals surface area contributed by atoms with Gasteiger partial charge in [-0.05, 0) is 43.9 Å². The topological polar surface area (TPSA) is 87.1 Å². The number of hydrogen-bond donors (Lipinski definition) is 3. The molecule has 1 fully saturated rings. The van der Waals surface area contributed by atoms with Crippen LogP contribution in [0.25, 0.3) is 16.3 Å². The summed E-state index contributed by atoms with van der Waals surface area (Å²) in [6.07, 6.45) is 10.9. The van der Waals surface area contributed by atoms with Crippen LogP contribution in [0.4, 0.5) is 5.82 Å². The van der Waals surface area contributed by atoms with Crippen molar-refractivity contribution in [3.8, 4) is 0 Å². The van der Waals surface area contributed by atoms with E-state index in [1.807, 2.05) is 72.1 Å². The SMILES string of the molecule is CC.CC.CCC(O)C1C=C(C)C(c2cc3cnc(NC(=O)C4CCC4)cc3cn2)=CN1. The molecule has 32 heavy (non-hydrogen) atoms. The second-order valence-electron chi connectivity index (χ2n) is 7.68. The number of aliphatic hydroxyl groups excluding tert-OH is 1. The molecule has 1 saturated carbocycles. The summed E-state index contributed by atoms with van der Waals surface area (Å²) < 4.78 is 0. The van der Waals surface area contributed by atoms with E-state index in [2.05, 4.69) is 20.6 Å². The Labute approximate surface area is 192 Å². The predicted molar refractivity (Wildman–Crippen MR) is 133 cm³/mol. The van der Waals surface area contributed by atoms with Crippen molar-refractivity contribution in [3.63, 3.8) is 0 Å². The molecule has 0 bridgehead atoms. The number of rotatable bonds is 5. The highest BCUT2D eigenvalue weighted by atomic mass is 16.3. The van der Waals surface area contributed by atoms with E-state index in [0.29, 0.717) is 12.2 Å². The molecular formula is C26H38N4O2. The smallest absolute Gasteiger partial charge is 0.228 e. The summed E-state index contributed by atoms with van der Waals surface area (Å²) in [7, 11) is 0. The van der Waals surface area contributed by atoms with Crippen molar-refractivity contribution >= 4 is 28.1 Å². The van der Waals surface area contributed by atoms with E-state index in [9.17, 15) is 9.90 Å². The third-order valence-electron chi connectivity index (χ3n) is 5.71. The van der Waals surface area contributed by atoms with Crippen molar-refractivity contribution < 1.29 is 9.90 Å². The molecule has 1 aliphatic carbocycles. The Morgan fingerprint density at radius 3 is 2.41 bits per heavy atom. The average Bonchev–Trinajstić information content (AvgIpc) is 2.79. The Kier molecular flexibility index (Phi) is 9.85. The molecule has 1 amide bonds. The number of aromatic nitrogens is 2. The molecule has 2 aliphatic rings. The third kappa shape index (κ3) is 5.94. The number of nitrogens with one attached hydrogen (secondary N) is 2. The van der Waals surface area contributed by atoms with Crippen LogP contribution in [0, 0.1) is 5.92 Å². The van der Waals surface area contributed by atoms with E-state index in [1.54, 1.807) is 6.20 Å². The first-order chi connectivity index (χ1) is 15.5. The number of carbonyl (C=O) groups excluding carboxylic acids is 1. The second kappa shape index (κ2) is 12.3. The molecule has 2 atom stereocenters. The molecule has 6 nitrogen and oxygen atoms in total. The lowest BCUT2D eigenvalue weighted by Gasteiger charge is -2.25. The minimum absolute atomic E-state index is 0.0608. The molecular weight excluding hydrogens is 400 g/mol. The zero-order chi connectivity index (χ0) is 23.7. The van der Waals surface area contributed by atoms with Gasteiger partial charge in [0, 0.05) is 40.9 Å². The summed E-state index contributed by atoms with van der Waals surface area (Å²) in [6, 6.07) is 3.80. The maximum Gasteiger partial charge on any atom is 0.228 e. The van der Waals surface area contributed by atoms with Crippen LogP contribution in [0.3, 0.4) is 0 Å². The van der Waals surface area contributed by atoms with Crippen LogP contribution < -0.4 is 10.6 Å². The Hall–Kier alpha value is -2.73. The van der Waals surface area contributed by atoms with Crippen LogP contribution in [0.5, 0.6) is 0 Å². The van der Waals surface area contributed by atoms with E-state index < -0.39 is 6.10 Å². The number of nitrogens with zero attached hydrogens (tertiary/aromatic N) is 2. The van der Waals surface area contributed by atoms with Gasteiger partial charge in [0.2, 0.25) is 5.91 Å². The average molecular weight is 439 g/mol. The molecule has 2 aromatic rings. The summed E-state index contributed by atoms with van der Waals surface area (Å²) in [4.78, 5) is 21.1. The Balaban J connectivity index is 0.000000860. The van der Waals surface area contributed by atoms with Gasteiger partial charge in [0.05, 0.1) is 17.8 Å². The van der Waals surface area contributed by atoms with Gasteiger partial charge in [-0.1, -0.05) is 47.1 Å². The quantitative estimate of drug-likeness (QED) is 0.578. The zero-order valence-corrected chi connectivity index (χ0v) is 20.3. The van der Waals surface area contributed by atoms with Gasteiger partial charge in [-0.2, -0.15) is 0 Å². The molecule has 2 unspecified atom stereocenters. The van der Waals surface area contributed by atoms with Gasteiger partial charge >= 0.3 is 0 Å². The fourth-order valence-electron chi connectivity index (χ4n) is 3.60. The monoisotopic (exact) mass is 438 g/mol. The van der Waals surface area contributed by atoms with Crippen molar-refractivity contribution in [2.75, 3.05) is 5.32 Å². The van der Waals surface area contributed by atoms with Crippen molar-refractivity contribution in [2.24, 2.45) is 5.92 Å². The van der Waals surface area contributed by atoms with Gasteiger partial charge in [0.1, 0.15) is 5.82 Å². The number of aliphatic hydroxyl groups is 1. The molecule has 6 heteroatoms. The van der Waals surface area contributed by atoms with Gasteiger partial charge in [-0.25, -0.2) is 4.98 Å². The van der Waals surface area contributed by atoms with E-state index in [1.165, 1.54) is 0 Å². The highest BCUT2D eigenvalue weighted by Gasteiger charge is 2.25. The van der Waals surface area contributed by atoms with Gasteiger partial charge in [0.15, 0.2) is 0 Å². The first-order valence-corrected chi connectivity index (χ1v) is 11.9. The summed E-state index contributed by atoms with van der Waals surface area (Å²) in [5.74, 6) is 0.768. The summed E-state index contributed by atoms with van der Waals surface area (Å²) in [5.41, 5.74) is 2.94. The van der Waals surface area contributed by atoms with E-state index in [0.717, 1.165) is 46.9 Å². The lowest BCUT2D eigenvalue weighted by Crippen LogP contribution is -2.37. The highest BCUT2D eigenvalue weighted by molar-refractivity contribution is 5.95. The Bertz CT molecular complexity index is 963. The first-order valence-electron chi connectivity index (χ1n) is 11.9. The fraction of sp³-hybridized carbons (Fsp3) is 0.500. The molecule has 4 rings (SSSR count). The standard InChI is InChI=1S/C22H26N4O2.2C2H6/c1-3-20(27)19-7-13(2)17(12-24-19)18-8-15-11-25-21(9-16(15)10-23-18)26-22(28)14-5-4-6-14;2*1-2/h7-12,14,19-20,24,27H,3-6H2,1-2H3,(H,25,26,28);2*1-2H3. The van der Waals surface area contributed by atoms with E-state index >= 15 is 0 Å². The summed E-state index contributed by atoms with van der Waals surface area (Å²) in [6.45, 7) is 12.0. The van der Waals surface area contributed by atoms with Crippen molar-refractivity contribution in [3.05, 3.63) is 48.1 Å². The van der Waals surface area contributed by atoms with Gasteiger partial charge < -0.3 is 15.7 Å². The molecule has 2 aromatic heterocycles. The van der Waals surface area contributed by atoms with E-state index in [-0.39, 0.29) is 17.9 Å². The van der Waals surface area contributed by atoms with Gasteiger partial charge in [-0.3, -0.25) is 9.78 Å². The number of anilines is 1. The largest absolute Gasteiger partial charge is 0.391 e. The van der Waals surface area contributed by atoms with Gasteiger partial charge in [0.25, 0.3) is 0 Å². The number of allylic oxidation sites excluding steroid dienone is 2. The number of pyridine rings is 2. The fourth-order valence-corrected chi connectivity index (χ4v) is 3.60. The van der Waals surface area contributed by atoms with Crippen LogP contribution in [0.1, 0.15) is 72.9 Å². The number of dihydropyridines is 1. The second-order valence-corrected chi connectivity index (χ2v) is 7.68. The lowest BCUT2D eigenvalue weighted by molar-refractivity contribution is -0.122. The van der Waals surface area contributed by atoms with Crippen LogP contribution in [-0.4, -0.2) is 33.1 Å². The number of fused-ring (bicyclic) bond motifs is 1. The van der Waals surface area contributed by atoms with Crippen LogP contribution in [-0.2, 0) is 4.79 Å². The normalized spacial score (nSPS) is 18.4. The zero-order valence-electron chi connectivity index (χ0n) is 20.3. The minimum Gasteiger partial charge on any atom is -0.391 e. The molecule has 174 valence electrons. The molecule has 0 saturated heterocycles. The summed E-state index contributed by atoms with van der Waals surface area (Å²) >= 11 is 0. The Morgan fingerprint density at radius 1 is 1.16 bits per heavy atom. The van der Waals surface area contributed by atoms with Crippen molar-refractivity contribution in [2.45, 2.75) is 79.4 Å². The summed E-state index contributed by atoms with van der Waals surface area (Å²) in [5, 5.41) is 18.1. The minimum atomic E-state index is -0.407. The molecule has 1 aliphatic heterocycles. The van der Waals surface area contributed by atoms with Crippen LogP contribution in [0.2, 0.25) is 0 Å². The number of hydrogen-bond acceptors (Lipinski definition) is 5. The lowest BCUT2D eigenvalue weighted by atomic mass is 9.85. The molecule has 0 spiro atoms. The number of carbonyl (C=O) groups is 1. The first kappa shape index (κ1) is 25.5. The van der Waals surface area contributed by atoms with Crippen LogP contribution in [0.15, 0.2) is 42.4 Å². The third-order valence-corrected chi connectivity index (χ3v) is 5.71. The molecule has 3 N–H and O–H groups in total. The maximum absolute atomic E-state index is 12.1. The van der Waals surface area contributed by atoms with Gasteiger partial charge in [-0.15, -0.1) is 0 Å². The predicted octanol–water partition coefficient (Wildman–Crippen LogP) is 5.45. The highest BCUT2D eigenvalue weighted by Crippen LogP contribution is 2.29.